The highest BCUT2D eigenvalue weighted by Crippen LogP contribution is 2.48. The van der Waals surface area contributed by atoms with Crippen molar-refractivity contribution in [3.63, 3.8) is 0 Å². The van der Waals surface area contributed by atoms with Gasteiger partial charge in [0.2, 0.25) is 0 Å². The number of aromatic carboxylic acids is 1. The molecule has 41 heavy (non-hydrogen) atoms. The van der Waals surface area contributed by atoms with Crippen molar-refractivity contribution in [3.05, 3.63) is 59.1 Å². The maximum absolute atomic E-state index is 14.5. The Bertz CT molecular complexity index is 1640. The number of thiazole rings is 1. The van der Waals surface area contributed by atoms with Crippen molar-refractivity contribution in [2.24, 2.45) is 11.8 Å². The summed E-state index contributed by atoms with van der Waals surface area (Å²) in [5.74, 6) is -1.02. The van der Waals surface area contributed by atoms with E-state index in [1.807, 2.05) is 0 Å². The van der Waals surface area contributed by atoms with Gasteiger partial charge in [-0.15, -0.1) is 13.2 Å². The fourth-order valence-corrected chi connectivity index (χ4v) is 6.94. The predicted octanol–water partition coefficient (Wildman–Crippen LogP) is 6.61. The lowest BCUT2D eigenvalue weighted by molar-refractivity contribution is -0.274. The van der Waals surface area contributed by atoms with Crippen LogP contribution in [-0.4, -0.2) is 46.8 Å². The lowest BCUT2D eigenvalue weighted by Crippen LogP contribution is -2.59. The summed E-state index contributed by atoms with van der Waals surface area (Å²) in [7, 11) is 0. The molecule has 2 saturated heterocycles. The lowest BCUT2D eigenvalue weighted by atomic mass is 9.68. The largest absolute Gasteiger partial charge is 0.573 e. The van der Waals surface area contributed by atoms with Gasteiger partial charge in [-0.3, -0.25) is 0 Å². The van der Waals surface area contributed by atoms with Gasteiger partial charge in [-0.05, 0) is 43.5 Å². The second kappa shape index (κ2) is 9.69. The van der Waals surface area contributed by atoms with Crippen molar-refractivity contribution in [1.29, 1.82) is 0 Å². The molecule has 1 N–H and O–H groups in total. The van der Waals surface area contributed by atoms with E-state index in [0.29, 0.717) is 34.2 Å². The normalized spacial score (nSPS) is 22.1. The molecule has 0 spiro atoms. The Kier molecular flexibility index (Phi) is 6.19. The summed E-state index contributed by atoms with van der Waals surface area (Å²) >= 11 is 1.26. The predicted molar refractivity (Wildman–Crippen MR) is 140 cm³/mol. The molecule has 8 nitrogen and oxygen atoms in total. The summed E-state index contributed by atoms with van der Waals surface area (Å²) in [5, 5.41) is 14.0. The van der Waals surface area contributed by atoms with E-state index in [4.69, 9.17) is 9.26 Å². The summed E-state index contributed by atoms with van der Waals surface area (Å²) in [4.78, 5) is 17.8. The zero-order valence-corrected chi connectivity index (χ0v) is 22.2. The number of aromatic nitrogens is 2. The Labute approximate surface area is 234 Å². The first-order valence-corrected chi connectivity index (χ1v) is 14.0. The van der Waals surface area contributed by atoms with Crippen LogP contribution in [0.3, 0.4) is 0 Å². The third kappa shape index (κ3) is 4.90. The molecule has 2 unspecified atom stereocenters. The number of alkyl halides is 3. The number of hydrogen-bond acceptors (Lipinski definition) is 8. The Morgan fingerprint density at radius 3 is 2.63 bits per heavy atom. The van der Waals surface area contributed by atoms with Gasteiger partial charge in [0.1, 0.15) is 22.7 Å². The van der Waals surface area contributed by atoms with Crippen molar-refractivity contribution in [2.45, 2.75) is 44.3 Å². The first-order valence-electron chi connectivity index (χ1n) is 13.2. The summed E-state index contributed by atoms with van der Waals surface area (Å²) in [6, 6.07) is 8.28. The molecular weight excluding hydrogens is 566 g/mol. The molecule has 4 heterocycles. The van der Waals surface area contributed by atoms with Gasteiger partial charge in [0.05, 0.1) is 23.0 Å². The molecule has 13 heteroatoms. The third-order valence-corrected chi connectivity index (χ3v) is 9.02. The fourth-order valence-electron chi connectivity index (χ4n) is 5.90. The van der Waals surface area contributed by atoms with E-state index in [2.05, 4.69) is 19.8 Å². The van der Waals surface area contributed by atoms with Gasteiger partial charge < -0.3 is 24.0 Å². The van der Waals surface area contributed by atoms with Crippen LogP contribution in [0.5, 0.6) is 5.75 Å². The van der Waals surface area contributed by atoms with Gasteiger partial charge in [0.25, 0.3) is 0 Å². The van der Waals surface area contributed by atoms with E-state index in [1.165, 1.54) is 35.6 Å². The number of carboxylic acid groups (broad SMARTS) is 1. The number of piperidine rings is 2. The third-order valence-electron chi connectivity index (χ3n) is 7.95. The molecule has 8 rings (SSSR count). The van der Waals surface area contributed by atoms with Crippen LogP contribution in [0.15, 0.2) is 40.9 Å². The summed E-state index contributed by atoms with van der Waals surface area (Å²) in [6.45, 7) is 1.43. The number of carbonyl (C=O) groups is 1. The molecule has 2 aliphatic heterocycles. The van der Waals surface area contributed by atoms with Gasteiger partial charge >= 0.3 is 12.3 Å². The number of nitrogens with zero attached hydrogens (tertiary/aromatic N) is 3. The van der Waals surface area contributed by atoms with Crippen molar-refractivity contribution < 1.29 is 41.5 Å². The molecule has 4 aromatic rings. The zero-order chi connectivity index (χ0) is 28.5. The minimum absolute atomic E-state index is 0.0625. The quantitative estimate of drug-likeness (QED) is 0.230. The molecule has 4 fully saturated rings. The zero-order valence-electron chi connectivity index (χ0n) is 21.4. The number of fused-ring (bicyclic) bond motifs is 3. The first kappa shape index (κ1) is 26.2. The van der Waals surface area contributed by atoms with Crippen molar-refractivity contribution >= 4 is 32.7 Å². The molecule has 2 bridgehead atoms. The van der Waals surface area contributed by atoms with Gasteiger partial charge in [-0.25, -0.2) is 14.2 Å². The maximum Gasteiger partial charge on any atom is 0.573 e. The Hall–Kier alpha value is -3.71. The van der Waals surface area contributed by atoms with Gasteiger partial charge in [0, 0.05) is 42.0 Å². The molecule has 2 aromatic heterocycles. The highest BCUT2D eigenvalue weighted by molar-refractivity contribution is 7.22. The standard InChI is InChI=1S/C28H23F4N3O5S/c29-19-8-14(26(36)37)9-21-23(19)33-27(41-21)35-10-15-7-16(11-35)24(15)38-12-18-22(34-40-25(18)13-5-6-13)17-3-1-2-4-20(17)39-28(30,31)32/h1-4,8-9,13,15-16,24H,5-7,10-12H2,(H,36,37). The van der Waals surface area contributed by atoms with E-state index in [0.717, 1.165) is 25.3 Å². The minimum Gasteiger partial charge on any atom is -0.478 e. The highest BCUT2D eigenvalue weighted by Gasteiger charge is 2.48. The number of ether oxygens (including phenoxy) is 2. The van der Waals surface area contributed by atoms with Crippen LogP contribution in [0.2, 0.25) is 0 Å². The summed E-state index contributed by atoms with van der Waals surface area (Å²) in [5.41, 5.74) is 1.16. The number of para-hydroxylation sites is 1. The van der Waals surface area contributed by atoms with E-state index in [-0.39, 0.29) is 58.6 Å². The van der Waals surface area contributed by atoms with Gasteiger partial charge in [-0.1, -0.05) is 28.6 Å². The first-order chi connectivity index (χ1) is 19.6. The molecule has 4 aliphatic rings. The Morgan fingerprint density at radius 2 is 1.93 bits per heavy atom. The van der Waals surface area contributed by atoms with Crippen molar-refractivity contribution in [3.8, 4) is 17.0 Å². The van der Waals surface area contributed by atoms with E-state index >= 15 is 0 Å². The van der Waals surface area contributed by atoms with Crippen LogP contribution in [0.4, 0.5) is 22.7 Å². The average Bonchev–Trinajstić information content (AvgIpc) is 3.53. The maximum atomic E-state index is 14.5. The number of anilines is 1. The van der Waals surface area contributed by atoms with Crippen molar-refractivity contribution in [2.75, 3.05) is 18.0 Å². The molecular formula is C28H23F4N3O5S. The number of benzene rings is 2. The lowest BCUT2D eigenvalue weighted by Gasteiger charge is -2.53. The Balaban J connectivity index is 1.08. The molecule has 2 saturated carbocycles. The average molecular weight is 590 g/mol. The van der Waals surface area contributed by atoms with Crippen molar-refractivity contribution in [1.82, 2.24) is 10.1 Å². The Morgan fingerprint density at radius 1 is 1.17 bits per heavy atom. The number of carboxylic acids is 1. The van der Waals surface area contributed by atoms with Gasteiger partial charge in [0.15, 0.2) is 10.9 Å². The molecule has 2 aromatic carbocycles. The molecule has 2 aliphatic carbocycles. The van der Waals surface area contributed by atoms with Crippen LogP contribution in [0.1, 0.15) is 46.9 Å². The summed E-state index contributed by atoms with van der Waals surface area (Å²) < 4.78 is 70.4. The van der Waals surface area contributed by atoms with E-state index < -0.39 is 18.1 Å². The number of rotatable bonds is 8. The monoisotopic (exact) mass is 589 g/mol. The second-order valence-electron chi connectivity index (χ2n) is 10.7. The second-order valence-corrected chi connectivity index (χ2v) is 11.7. The van der Waals surface area contributed by atoms with Crippen LogP contribution in [-0.2, 0) is 11.3 Å². The molecule has 214 valence electrons. The van der Waals surface area contributed by atoms with E-state index in [9.17, 15) is 27.5 Å². The van der Waals surface area contributed by atoms with Crippen LogP contribution < -0.4 is 9.64 Å². The van der Waals surface area contributed by atoms with Gasteiger partial charge in [-0.2, -0.15) is 0 Å². The number of hydrogen-bond donors (Lipinski definition) is 1. The highest BCUT2D eigenvalue weighted by atomic mass is 32.1. The smallest absolute Gasteiger partial charge is 0.478 e. The fraction of sp³-hybridized carbons (Fsp3) is 0.393. The van der Waals surface area contributed by atoms with Crippen LogP contribution in [0.25, 0.3) is 21.5 Å². The SMILES string of the molecule is O=C(O)c1cc(F)c2nc(N3CC4CC(C3)C4OCc3c(-c4ccccc4OC(F)(F)F)noc3C3CC3)sc2c1. The molecule has 0 amide bonds. The summed E-state index contributed by atoms with van der Waals surface area (Å²) in [6.07, 6.45) is -2.12. The molecule has 2 atom stereocenters. The minimum atomic E-state index is -4.85. The van der Waals surface area contributed by atoms with Crippen LogP contribution in [0, 0.1) is 17.7 Å². The van der Waals surface area contributed by atoms with E-state index in [1.54, 1.807) is 6.07 Å². The van der Waals surface area contributed by atoms with Crippen LogP contribution >= 0.6 is 11.3 Å². The molecule has 0 radical (unpaired) electrons. The topological polar surface area (TPSA) is 97.9 Å². The number of halogens is 4.